The topological polar surface area (TPSA) is 91.9 Å². The number of ether oxygens (including phenoxy) is 3. The number of nitrogens with zero attached hydrogens (tertiary/aromatic N) is 3. The fourth-order valence-electron chi connectivity index (χ4n) is 3.24. The van der Waals surface area contributed by atoms with E-state index < -0.39 is 0 Å². The molecule has 0 saturated carbocycles. The van der Waals surface area contributed by atoms with Crippen molar-refractivity contribution in [3.05, 3.63) is 24.0 Å². The molecule has 0 unspecified atom stereocenters. The average Bonchev–Trinajstić information content (AvgIpc) is 3.33. The number of amides is 1. The number of aromatic nitrogens is 3. The summed E-state index contributed by atoms with van der Waals surface area (Å²) >= 11 is 1.39. The summed E-state index contributed by atoms with van der Waals surface area (Å²) in [5.74, 6) is 2.45. The summed E-state index contributed by atoms with van der Waals surface area (Å²) < 4.78 is 18.1. The highest BCUT2D eigenvalue weighted by Gasteiger charge is 2.20. The second-order valence-corrected chi connectivity index (χ2v) is 7.53. The van der Waals surface area contributed by atoms with E-state index in [4.69, 9.17) is 14.2 Å². The lowest BCUT2D eigenvalue weighted by atomic mass is 10.3. The van der Waals surface area contributed by atoms with Crippen molar-refractivity contribution >= 4 is 23.4 Å². The minimum absolute atomic E-state index is 0.102. The summed E-state index contributed by atoms with van der Waals surface area (Å²) in [5.41, 5.74) is 0.684. The van der Waals surface area contributed by atoms with Crippen molar-refractivity contribution in [2.45, 2.75) is 25.2 Å². The Labute approximate surface area is 167 Å². The molecule has 2 aliphatic heterocycles. The van der Waals surface area contributed by atoms with Gasteiger partial charge < -0.3 is 29.0 Å². The number of morpholine rings is 1. The molecule has 0 aliphatic carbocycles. The van der Waals surface area contributed by atoms with Crippen LogP contribution in [0.1, 0.15) is 12.7 Å². The molecule has 1 fully saturated rings. The molecular weight excluding hydrogens is 382 g/mol. The SMILES string of the molecule is CCn1c(C[NH+]2CCOCC2)nnc1SCC(=O)Nc1ccc2c(c1)OCO2. The zero-order valence-electron chi connectivity index (χ0n) is 15.8. The van der Waals surface area contributed by atoms with Gasteiger partial charge in [-0.05, 0) is 19.1 Å². The predicted octanol–water partition coefficient (Wildman–Crippen LogP) is 0.173. The molecule has 1 aromatic heterocycles. The number of thioether (sulfide) groups is 1. The summed E-state index contributed by atoms with van der Waals surface area (Å²) in [5, 5.41) is 12.3. The number of nitrogens with one attached hydrogen (secondary N) is 2. The number of hydrogen-bond acceptors (Lipinski definition) is 7. The second-order valence-electron chi connectivity index (χ2n) is 6.59. The van der Waals surface area contributed by atoms with Gasteiger partial charge in [-0.25, -0.2) is 0 Å². The fraction of sp³-hybridized carbons (Fsp3) is 0.500. The van der Waals surface area contributed by atoms with E-state index in [9.17, 15) is 4.79 Å². The Kier molecular flexibility index (Phi) is 5.98. The molecule has 2 aliphatic rings. The van der Waals surface area contributed by atoms with Gasteiger partial charge in [0.05, 0.1) is 19.0 Å². The maximum absolute atomic E-state index is 12.3. The number of benzene rings is 1. The highest BCUT2D eigenvalue weighted by Crippen LogP contribution is 2.34. The van der Waals surface area contributed by atoms with E-state index in [0.717, 1.165) is 50.4 Å². The van der Waals surface area contributed by atoms with Gasteiger partial charge in [-0.1, -0.05) is 11.8 Å². The third-order valence-electron chi connectivity index (χ3n) is 4.71. The molecule has 0 bridgehead atoms. The van der Waals surface area contributed by atoms with Gasteiger partial charge in [0.25, 0.3) is 0 Å². The molecule has 2 N–H and O–H groups in total. The number of quaternary nitrogens is 1. The van der Waals surface area contributed by atoms with Crippen LogP contribution in [0, 0.1) is 0 Å². The Hall–Kier alpha value is -2.30. The van der Waals surface area contributed by atoms with Crippen molar-refractivity contribution in [2.75, 3.05) is 44.2 Å². The van der Waals surface area contributed by atoms with E-state index >= 15 is 0 Å². The maximum atomic E-state index is 12.3. The highest BCUT2D eigenvalue weighted by molar-refractivity contribution is 7.99. The van der Waals surface area contributed by atoms with Crippen LogP contribution in [0.2, 0.25) is 0 Å². The van der Waals surface area contributed by atoms with Crippen molar-refractivity contribution in [1.29, 1.82) is 0 Å². The maximum Gasteiger partial charge on any atom is 0.234 e. The fourth-order valence-corrected chi connectivity index (χ4v) is 4.06. The van der Waals surface area contributed by atoms with Crippen LogP contribution >= 0.6 is 11.8 Å². The van der Waals surface area contributed by atoms with E-state index in [2.05, 4.69) is 27.0 Å². The number of hydrogen-bond donors (Lipinski definition) is 2. The van der Waals surface area contributed by atoms with Crippen LogP contribution in [0.5, 0.6) is 11.5 Å². The van der Waals surface area contributed by atoms with Crippen LogP contribution in [0.3, 0.4) is 0 Å². The molecule has 2 aromatic rings. The molecule has 9 nitrogen and oxygen atoms in total. The number of rotatable bonds is 7. The second kappa shape index (κ2) is 8.80. The number of anilines is 1. The third-order valence-corrected chi connectivity index (χ3v) is 5.67. The lowest BCUT2D eigenvalue weighted by molar-refractivity contribution is -0.922. The first kappa shape index (κ1) is 19.0. The van der Waals surface area contributed by atoms with Crippen molar-refractivity contribution in [3.8, 4) is 11.5 Å². The Bertz CT molecular complexity index is 837. The molecule has 1 aromatic carbocycles. The molecule has 10 heteroatoms. The highest BCUT2D eigenvalue weighted by atomic mass is 32.2. The molecule has 0 radical (unpaired) electrons. The molecule has 0 atom stereocenters. The lowest BCUT2D eigenvalue weighted by Crippen LogP contribution is -3.12. The smallest absolute Gasteiger partial charge is 0.234 e. The van der Waals surface area contributed by atoms with E-state index in [1.54, 1.807) is 18.2 Å². The Morgan fingerprint density at radius 1 is 1.25 bits per heavy atom. The first-order chi connectivity index (χ1) is 13.7. The van der Waals surface area contributed by atoms with Crippen LogP contribution in [0.15, 0.2) is 23.4 Å². The zero-order chi connectivity index (χ0) is 19.3. The minimum Gasteiger partial charge on any atom is -0.454 e. The van der Waals surface area contributed by atoms with Crippen molar-refractivity contribution < 1.29 is 23.9 Å². The van der Waals surface area contributed by atoms with Crippen LogP contribution < -0.4 is 19.7 Å². The molecule has 3 heterocycles. The van der Waals surface area contributed by atoms with Gasteiger partial charge in [-0.2, -0.15) is 0 Å². The molecule has 28 heavy (non-hydrogen) atoms. The normalized spacial score (nSPS) is 16.3. The molecule has 1 saturated heterocycles. The number of carbonyl (C=O) groups is 1. The van der Waals surface area contributed by atoms with Crippen molar-refractivity contribution in [1.82, 2.24) is 14.8 Å². The van der Waals surface area contributed by atoms with E-state index in [1.165, 1.54) is 16.7 Å². The van der Waals surface area contributed by atoms with E-state index in [1.807, 2.05) is 0 Å². The number of carbonyl (C=O) groups excluding carboxylic acids is 1. The van der Waals surface area contributed by atoms with Gasteiger partial charge in [0.15, 0.2) is 22.5 Å². The van der Waals surface area contributed by atoms with Gasteiger partial charge in [-0.15, -0.1) is 10.2 Å². The van der Waals surface area contributed by atoms with E-state index in [-0.39, 0.29) is 18.5 Å². The van der Waals surface area contributed by atoms with Crippen LogP contribution in [-0.2, 0) is 22.6 Å². The zero-order valence-corrected chi connectivity index (χ0v) is 16.6. The summed E-state index contributed by atoms with van der Waals surface area (Å²) in [6.45, 7) is 7.43. The Morgan fingerprint density at radius 2 is 2.07 bits per heavy atom. The predicted molar refractivity (Wildman–Crippen MR) is 103 cm³/mol. The van der Waals surface area contributed by atoms with Gasteiger partial charge >= 0.3 is 0 Å². The first-order valence-electron chi connectivity index (χ1n) is 9.38. The van der Waals surface area contributed by atoms with Gasteiger partial charge in [0, 0.05) is 18.3 Å². The molecule has 4 rings (SSSR count). The summed E-state index contributed by atoms with van der Waals surface area (Å²) in [7, 11) is 0. The minimum atomic E-state index is -0.102. The van der Waals surface area contributed by atoms with Crippen LogP contribution in [0.25, 0.3) is 0 Å². The van der Waals surface area contributed by atoms with Crippen molar-refractivity contribution in [3.63, 3.8) is 0 Å². The molecule has 150 valence electrons. The Morgan fingerprint density at radius 3 is 2.89 bits per heavy atom. The summed E-state index contributed by atoms with van der Waals surface area (Å²) in [6.07, 6.45) is 0. The van der Waals surface area contributed by atoms with Gasteiger partial charge in [0.2, 0.25) is 12.7 Å². The van der Waals surface area contributed by atoms with Crippen LogP contribution in [0.4, 0.5) is 5.69 Å². The Balaban J connectivity index is 1.33. The standard InChI is InChI=1S/C18H23N5O4S/c1-2-23-16(10-22-5-7-25-8-6-22)20-21-18(23)28-11-17(24)19-13-3-4-14-15(9-13)27-12-26-14/h3-4,9H,2,5-8,10-12H2,1H3,(H,19,24)/p+1. The molecular formula is C18H24N5O4S+. The van der Waals surface area contributed by atoms with Crippen LogP contribution in [-0.4, -0.2) is 59.5 Å². The number of fused-ring (bicyclic) bond motifs is 1. The molecule has 0 spiro atoms. The quantitative estimate of drug-likeness (QED) is 0.634. The lowest BCUT2D eigenvalue weighted by Gasteiger charge is -2.23. The summed E-state index contributed by atoms with van der Waals surface area (Å²) in [4.78, 5) is 13.8. The van der Waals surface area contributed by atoms with E-state index in [0.29, 0.717) is 17.2 Å². The molecule has 1 amide bonds. The average molecular weight is 406 g/mol. The largest absolute Gasteiger partial charge is 0.454 e. The van der Waals surface area contributed by atoms with Gasteiger partial charge in [-0.3, -0.25) is 4.79 Å². The summed E-state index contributed by atoms with van der Waals surface area (Å²) in [6, 6.07) is 5.36. The third kappa shape index (κ3) is 4.40. The monoisotopic (exact) mass is 406 g/mol. The van der Waals surface area contributed by atoms with Gasteiger partial charge in [0.1, 0.15) is 19.6 Å². The van der Waals surface area contributed by atoms with Crippen molar-refractivity contribution in [2.24, 2.45) is 0 Å². The first-order valence-corrected chi connectivity index (χ1v) is 10.4.